The maximum Gasteiger partial charge on any atom is 0.132 e. The summed E-state index contributed by atoms with van der Waals surface area (Å²) in [6.07, 6.45) is 0. The summed E-state index contributed by atoms with van der Waals surface area (Å²) in [5.74, 6) is -0.442. The number of hydrogen-bond donors (Lipinski definition) is 2. The number of benzene rings is 1. The molecule has 1 fully saturated rings. The predicted molar refractivity (Wildman–Crippen MR) is 90.9 cm³/mol. The fourth-order valence-electron chi connectivity index (χ4n) is 2.68. The minimum absolute atomic E-state index is 0. The first-order chi connectivity index (χ1) is 10.1. The zero-order valence-corrected chi connectivity index (χ0v) is 14.1. The largest absolute Gasteiger partial charge is 0.508 e. The minimum Gasteiger partial charge on any atom is -0.508 e. The zero-order valence-electron chi connectivity index (χ0n) is 11.8. The van der Waals surface area contributed by atoms with E-state index in [4.69, 9.17) is 11.6 Å². The summed E-state index contributed by atoms with van der Waals surface area (Å²) < 4.78 is 15.0. The van der Waals surface area contributed by atoms with Crippen LogP contribution in [0.5, 0.6) is 5.75 Å². The van der Waals surface area contributed by atoms with Crippen molar-refractivity contribution in [2.24, 2.45) is 0 Å². The molecule has 2 N–H and O–H groups in total. The van der Waals surface area contributed by atoms with E-state index in [0.29, 0.717) is 9.90 Å². The molecule has 2 heterocycles. The first kappa shape index (κ1) is 17.5. The van der Waals surface area contributed by atoms with E-state index < -0.39 is 0 Å². The molecular weight excluding hydrogens is 346 g/mol. The average molecular weight is 363 g/mol. The monoisotopic (exact) mass is 362 g/mol. The van der Waals surface area contributed by atoms with Gasteiger partial charge in [0.05, 0.1) is 10.4 Å². The van der Waals surface area contributed by atoms with Crippen molar-refractivity contribution in [1.29, 1.82) is 0 Å². The third-order valence-corrected chi connectivity index (χ3v) is 4.94. The Morgan fingerprint density at radius 1 is 1.23 bits per heavy atom. The second kappa shape index (κ2) is 7.62. The van der Waals surface area contributed by atoms with Crippen molar-refractivity contribution in [2.75, 3.05) is 26.2 Å². The number of halogens is 3. The molecule has 3 nitrogen and oxygen atoms in total. The molecule has 0 unspecified atom stereocenters. The van der Waals surface area contributed by atoms with Gasteiger partial charge < -0.3 is 10.4 Å². The molecule has 3 rings (SSSR count). The molecule has 0 aliphatic carbocycles. The van der Waals surface area contributed by atoms with Crippen LogP contribution in [0, 0.1) is 5.82 Å². The summed E-state index contributed by atoms with van der Waals surface area (Å²) in [5, 5.41) is 12.7. The third kappa shape index (κ3) is 3.73. The fourth-order valence-corrected chi connectivity index (χ4v) is 3.90. The summed E-state index contributed by atoms with van der Waals surface area (Å²) in [6.45, 7) is 3.46. The number of phenolic OH excluding ortho intramolecular Hbond substituents is 1. The van der Waals surface area contributed by atoms with Gasteiger partial charge in [-0.25, -0.2) is 4.39 Å². The Hall–Kier alpha value is -0.850. The van der Waals surface area contributed by atoms with Gasteiger partial charge in [0, 0.05) is 42.7 Å². The van der Waals surface area contributed by atoms with E-state index in [1.807, 2.05) is 12.1 Å². The van der Waals surface area contributed by atoms with E-state index in [1.165, 1.54) is 23.5 Å². The maximum atomic E-state index is 14.3. The van der Waals surface area contributed by atoms with Crippen LogP contribution in [0.2, 0.25) is 4.34 Å². The lowest BCUT2D eigenvalue weighted by atomic mass is 10.0. The van der Waals surface area contributed by atoms with Gasteiger partial charge >= 0.3 is 0 Å². The van der Waals surface area contributed by atoms with Gasteiger partial charge in [-0.15, -0.1) is 23.7 Å². The Labute approximate surface area is 144 Å². The SMILES string of the molecule is Cl.Oc1ccc([C@H](c2ccc(Cl)s2)N2CCNCC2)c(F)c1. The molecule has 1 aromatic heterocycles. The number of nitrogens with one attached hydrogen (secondary N) is 1. The zero-order chi connectivity index (χ0) is 14.8. The molecule has 2 aromatic rings. The third-order valence-electron chi connectivity index (χ3n) is 3.66. The van der Waals surface area contributed by atoms with Crippen LogP contribution in [-0.4, -0.2) is 36.2 Å². The minimum atomic E-state index is -0.386. The Bertz CT molecular complexity index is 632. The Kier molecular flexibility index (Phi) is 6.06. The van der Waals surface area contributed by atoms with Crippen molar-refractivity contribution in [1.82, 2.24) is 10.2 Å². The first-order valence-electron chi connectivity index (χ1n) is 6.83. The molecule has 1 saturated heterocycles. The number of piperazine rings is 1. The molecule has 0 bridgehead atoms. The molecule has 0 spiro atoms. The summed E-state index contributed by atoms with van der Waals surface area (Å²) in [5.41, 5.74) is 0.577. The number of rotatable bonds is 3. The van der Waals surface area contributed by atoms with Gasteiger partial charge in [0.2, 0.25) is 0 Å². The molecule has 120 valence electrons. The average Bonchev–Trinajstić information content (AvgIpc) is 2.89. The predicted octanol–water partition coefficient (Wildman–Crippen LogP) is 3.66. The molecule has 22 heavy (non-hydrogen) atoms. The quantitative estimate of drug-likeness (QED) is 0.874. The normalized spacial score (nSPS) is 17.0. The Balaban J connectivity index is 0.00000176. The molecule has 1 atom stereocenters. The van der Waals surface area contributed by atoms with Crippen LogP contribution >= 0.6 is 35.3 Å². The second-order valence-electron chi connectivity index (χ2n) is 5.04. The fraction of sp³-hybridized carbons (Fsp3) is 0.333. The van der Waals surface area contributed by atoms with Gasteiger partial charge in [0.25, 0.3) is 0 Å². The summed E-state index contributed by atoms with van der Waals surface area (Å²) >= 11 is 7.52. The highest BCUT2D eigenvalue weighted by molar-refractivity contribution is 7.16. The van der Waals surface area contributed by atoms with E-state index in [-0.39, 0.29) is 30.0 Å². The standard InChI is InChI=1S/C15H16ClFN2OS.ClH/c16-14-4-3-13(21-14)15(19-7-5-18-6-8-19)11-2-1-10(20)9-12(11)17;/h1-4,9,15,18,20H,5-8H2;1H/t15-;/m1./s1. The lowest BCUT2D eigenvalue weighted by Crippen LogP contribution is -2.45. The van der Waals surface area contributed by atoms with Crippen LogP contribution in [0.3, 0.4) is 0 Å². The lowest BCUT2D eigenvalue weighted by Gasteiger charge is -2.34. The Morgan fingerprint density at radius 2 is 1.95 bits per heavy atom. The van der Waals surface area contributed by atoms with Crippen LogP contribution < -0.4 is 5.32 Å². The van der Waals surface area contributed by atoms with Crippen LogP contribution in [0.4, 0.5) is 4.39 Å². The number of phenols is 1. The molecule has 1 aliphatic heterocycles. The van der Waals surface area contributed by atoms with Crippen molar-refractivity contribution in [3.8, 4) is 5.75 Å². The van der Waals surface area contributed by atoms with Crippen molar-refractivity contribution in [3.05, 3.63) is 50.9 Å². The van der Waals surface area contributed by atoms with Gasteiger partial charge in [-0.2, -0.15) is 0 Å². The van der Waals surface area contributed by atoms with Gasteiger partial charge in [0.1, 0.15) is 11.6 Å². The molecule has 0 saturated carbocycles. The Morgan fingerprint density at radius 3 is 2.55 bits per heavy atom. The summed E-state index contributed by atoms with van der Waals surface area (Å²) in [7, 11) is 0. The highest BCUT2D eigenvalue weighted by atomic mass is 35.5. The number of nitrogens with zero attached hydrogens (tertiary/aromatic N) is 1. The number of thiophene rings is 1. The van der Waals surface area contributed by atoms with Crippen molar-refractivity contribution in [3.63, 3.8) is 0 Å². The molecule has 0 radical (unpaired) electrons. The summed E-state index contributed by atoms with van der Waals surface area (Å²) in [4.78, 5) is 3.26. The van der Waals surface area contributed by atoms with E-state index in [0.717, 1.165) is 31.1 Å². The van der Waals surface area contributed by atoms with Gasteiger partial charge in [0.15, 0.2) is 0 Å². The molecule has 0 amide bonds. The molecule has 1 aliphatic rings. The molecular formula is C15H17Cl2FN2OS. The van der Waals surface area contributed by atoms with E-state index in [1.54, 1.807) is 6.07 Å². The van der Waals surface area contributed by atoms with Crippen molar-refractivity contribution >= 4 is 35.3 Å². The highest BCUT2D eigenvalue weighted by Gasteiger charge is 2.27. The van der Waals surface area contributed by atoms with E-state index in [9.17, 15) is 9.50 Å². The van der Waals surface area contributed by atoms with Crippen LogP contribution in [0.15, 0.2) is 30.3 Å². The van der Waals surface area contributed by atoms with E-state index >= 15 is 0 Å². The van der Waals surface area contributed by atoms with Gasteiger partial charge in [-0.1, -0.05) is 17.7 Å². The second-order valence-corrected chi connectivity index (χ2v) is 6.78. The molecule has 1 aromatic carbocycles. The summed E-state index contributed by atoms with van der Waals surface area (Å²) in [6, 6.07) is 7.99. The maximum absolute atomic E-state index is 14.3. The lowest BCUT2D eigenvalue weighted by molar-refractivity contribution is 0.197. The van der Waals surface area contributed by atoms with Crippen molar-refractivity contribution in [2.45, 2.75) is 6.04 Å². The topological polar surface area (TPSA) is 35.5 Å². The first-order valence-corrected chi connectivity index (χ1v) is 8.03. The van der Waals surface area contributed by atoms with Crippen molar-refractivity contribution < 1.29 is 9.50 Å². The number of hydrogen-bond acceptors (Lipinski definition) is 4. The molecule has 7 heteroatoms. The highest BCUT2D eigenvalue weighted by Crippen LogP contribution is 2.37. The van der Waals surface area contributed by atoms with Crippen LogP contribution in [0.25, 0.3) is 0 Å². The van der Waals surface area contributed by atoms with E-state index in [2.05, 4.69) is 10.2 Å². The number of aromatic hydroxyl groups is 1. The van der Waals surface area contributed by atoms with Crippen LogP contribution in [0.1, 0.15) is 16.5 Å². The smallest absolute Gasteiger partial charge is 0.132 e. The van der Waals surface area contributed by atoms with Gasteiger partial charge in [-0.05, 0) is 18.2 Å². The van der Waals surface area contributed by atoms with Gasteiger partial charge in [-0.3, -0.25) is 4.90 Å². The van der Waals surface area contributed by atoms with Crippen LogP contribution in [-0.2, 0) is 0 Å².